The molecule has 3 aromatic carbocycles. The highest BCUT2D eigenvalue weighted by molar-refractivity contribution is 7.90. The first kappa shape index (κ1) is 29.9. The number of sulfonamides is 1. The second kappa shape index (κ2) is 11.8. The number of methoxy groups -OCH3 is 1. The van der Waals surface area contributed by atoms with Crippen molar-refractivity contribution in [2.75, 3.05) is 13.7 Å². The number of carbonyl (C=O) groups is 2. The molecule has 0 atom stereocenters. The Bertz CT molecular complexity index is 1720. The monoisotopic (exact) mass is 575 g/mol. The second-order valence-corrected chi connectivity index (χ2v) is 12.8. The van der Waals surface area contributed by atoms with Crippen LogP contribution < -0.4 is 14.8 Å². The maximum absolute atomic E-state index is 12.9. The molecule has 0 bridgehead atoms. The molecule has 0 spiro atoms. The molecule has 0 aliphatic rings. The molecule has 4 aromatic rings. The molecule has 0 aliphatic carbocycles. The third-order valence-corrected chi connectivity index (χ3v) is 9.05. The summed E-state index contributed by atoms with van der Waals surface area (Å²) in [6.07, 6.45) is 3.46. The van der Waals surface area contributed by atoms with Crippen molar-refractivity contribution < 1.29 is 22.7 Å². The van der Waals surface area contributed by atoms with E-state index in [2.05, 4.69) is 30.8 Å². The fraction of sp³-hybridized carbons (Fsp3) is 0.312. The number of rotatable bonds is 10. The second-order valence-electron chi connectivity index (χ2n) is 11.1. The predicted octanol–water partition coefficient (Wildman–Crippen LogP) is 5.37. The van der Waals surface area contributed by atoms with Crippen molar-refractivity contribution in [3.63, 3.8) is 0 Å². The number of aromatic nitrogens is 1. The van der Waals surface area contributed by atoms with E-state index < -0.39 is 15.9 Å². The minimum absolute atomic E-state index is 0.0158. The summed E-state index contributed by atoms with van der Waals surface area (Å²) in [5, 5.41) is 4.00. The van der Waals surface area contributed by atoms with Crippen LogP contribution in [0.2, 0.25) is 0 Å². The average molecular weight is 576 g/mol. The van der Waals surface area contributed by atoms with Gasteiger partial charge in [0.1, 0.15) is 5.75 Å². The Morgan fingerprint density at radius 1 is 0.951 bits per heavy atom. The number of hydrogen-bond acceptors (Lipinski definition) is 5. The maximum Gasteiger partial charge on any atom is 0.265 e. The molecule has 0 aliphatic heterocycles. The Hall–Kier alpha value is -4.11. The first-order valence-electron chi connectivity index (χ1n) is 13.5. The topological polar surface area (TPSA) is 106 Å². The van der Waals surface area contributed by atoms with Crippen LogP contribution in [0.4, 0.5) is 0 Å². The lowest BCUT2D eigenvalue weighted by atomic mass is 9.90. The zero-order valence-electron chi connectivity index (χ0n) is 24.4. The first-order valence-corrected chi connectivity index (χ1v) is 15.0. The zero-order valence-corrected chi connectivity index (χ0v) is 25.2. The van der Waals surface area contributed by atoms with Gasteiger partial charge in [0.25, 0.3) is 21.8 Å². The predicted molar refractivity (Wildman–Crippen MR) is 161 cm³/mol. The zero-order chi connectivity index (χ0) is 29.9. The molecule has 0 fully saturated rings. The number of hydrogen-bond donors (Lipinski definition) is 2. The molecule has 0 unspecified atom stereocenters. The highest BCUT2D eigenvalue weighted by Crippen LogP contribution is 2.29. The number of amides is 2. The van der Waals surface area contributed by atoms with Gasteiger partial charge in [-0.2, -0.15) is 0 Å². The van der Waals surface area contributed by atoms with Crippen molar-refractivity contribution in [3.8, 4) is 5.75 Å². The molecule has 8 nitrogen and oxygen atoms in total. The minimum atomic E-state index is -4.04. The SMILES string of the molecule is CCC(C)(C)CNC(=O)c1ccc2c(c1)c(Cc1ccc(C(=O)NS(=O)(=O)c3ccccc3C)cc1OC)cn2C. The maximum atomic E-state index is 12.9. The van der Waals surface area contributed by atoms with Crippen LogP contribution >= 0.6 is 0 Å². The van der Waals surface area contributed by atoms with Crippen LogP contribution in [0.25, 0.3) is 10.9 Å². The number of fused-ring (bicyclic) bond motifs is 1. The van der Waals surface area contributed by atoms with Gasteiger partial charge in [0.15, 0.2) is 0 Å². The van der Waals surface area contributed by atoms with Gasteiger partial charge in [-0.05, 0) is 71.8 Å². The highest BCUT2D eigenvalue weighted by Gasteiger charge is 2.22. The molecule has 0 saturated carbocycles. The molecule has 216 valence electrons. The van der Waals surface area contributed by atoms with Crippen LogP contribution in [-0.2, 0) is 23.5 Å². The Kier molecular flexibility index (Phi) is 8.58. The van der Waals surface area contributed by atoms with Gasteiger partial charge in [0.2, 0.25) is 0 Å². The normalized spacial score (nSPS) is 11.9. The molecule has 41 heavy (non-hydrogen) atoms. The van der Waals surface area contributed by atoms with E-state index in [9.17, 15) is 18.0 Å². The summed E-state index contributed by atoms with van der Waals surface area (Å²) in [5.74, 6) is -0.402. The van der Waals surface area contributed by atoms with Gasteiger partial charge < -0.3 is 14.6 Å². The van der Waals surface area contributed by atoms with Gasteiger partial charge in [-0.15, -0.1) is 0 Å². The smallest absolute Gasteiger partial charge is 0.265 e. The van der Waals surface area contributed by atoms with E-state index in [0.717, 1.165) is 28.5 Å². The molecule has 1 aromatic heterocycles. The standard InChI is InChI=1S/C32H37N3O5S/c1-7-32(3,4)20-33-30(36)23-14-15-27-26(17-23)25(19-35(27)5)16-22-12-13-24(18-28(22)40-6)31(37)34-41(38,39)29-11-9-8-10-21(29)2/h8-15,17-19H,7,16,20H2,1-6H3,(H,33,36)(H,34,37). The summed E-state index contributed by atoms with van der Waals surface area (Å²) in [5.41, 5.74) is 4.10. The average Bonchev–Trinajstić information content (AvgIpc) is 3.25. The van der Waals surface area contributed by atoms with Gasteiger partial charge in [0, 0.05) is 48.2 Å². The van der Waals surface area contributed by atoms with Crippen LogP contribution in [-0.4, -0.2) is 38.5 Å². The van der Waals surface area contributed by atoms with Gasteiger partial charge in [-0.1, -0.05) is 45.0 Å². The number of ether oxygens (including phenoxy) is 1. The fourth-order valence-corrected chi connectivity index (χ4v) is 5.85. The van der Waals surface area contributed by atoms with Crippen molar-refractivity contribution in [1.29, 1.82) is 0 Å². The molecule has 2 N–H and O–H groups in total. The van der Waals surface area contributed by atoms with Crippen LogP contribution in [0, 0.1) is 12.3 Å². The molecule has 2 amide bonds. The largest absolute Gasteiger partial charge is 0.496 e. The number of carbonyl (C=O) groups excluding carboxylic acids is 2. The van der Waals surface area contributed by atoms with Crippen molar-refractivity contribution in [1.82, 2.24) is 14.6 Å². The van der Waals surface area contributed by atoms with Gasteiger partial charge in [-0.25, -0.2) is 13.1 Å². The highest BCUT2D eigenvalue weighted by atomic mass is 32.2. The summed E-state index contributed by atoms with van der Waals surface area (Å²) < 4.78 is 35.4. The minimum Gasteiger partial charge on any atom is -0.496 e. The summed E-state index contributed by atoms with van der Waals surface area (Å²) in [4.78, 5) is 25.9. The van der Waals surface area contributed by atoms with Crippen molar-refractivity contribution in [2.45, 2.75) is 45.4 Å². The van der Waals surface area contributed by atoms with Crippen LogP contribution in [0.1, 0.15) is 64.6 Å². The Morgan fingerprint density at radius 2 is 1.63 bits per heavy atom. The Morgan fingerprint density at radius 3 is 2.32 bits per heavy atom. The third-order valence-electron chi connectivity index (χ3n) is 7.56. The van der Waals surface area contributed by atoms with Gasteiger partial charge in [0.05, 0.1) is 12.0 Å². The van der Waals surface area contributed by atoms with Crippen LogP contribution in [0.15, 0.2) is 71.8 Å². The summed E-state index contributed by atoms with van der Waals surface area (Å²) in [7, 11) is -0.578. The number of nitrogens with one attached hydrogen (secondary N) is 2. The summed E-state index contributed by atoms with van der Waals surface area (Å²) >= 11 is 0. The molecule has 4 rings (SSSR count). The van der Waals surface area contributed by atoms with Crippen molar-refractivity contribution in [2.24, 2.45) is 12.5 Å². The lowest BCUT2D eigenvalue weighted by Crippen LogP contribution is -2.33. The van der Waals surface area contributed by atoms with E-state index in [1.165, 1.54) is 19.2 Å². The van der Waals surface area contributed by atoms with Crippen LogP contribution in [0.3, 0.4) is 0 Å². The van der Waals surface area contributed by atoms with Crippen LogP contribution in [0.5, 0.6) is 5.75 Å². The summed E-state index contributed by atoms with van der Waals surface area (Å²) in [6, 6.07) is 17.0. The van der Waals surface area contributed by atoms with Gasteiger partial charge in [-0.3, -0.25) is 9.59 Å². The molecule has 0 radical (unpaired) electrons. The Labute approximate surface area is 241 Å². The third kappa shape index (κ3) is 6.62. The van der Waals surface area contributed by atoms with E-state index in [1.807, 2.05) is 36.0 Å². The molecule has 1 heterocycles. The number of aryl methyl sites for hydroxylation is 2. The van der Waals surface area contributed by atoms with Crippen molar-refractivity contribution in [3.05, 3.63) is 94.7 Å². The van der Waals surface area contributed by atoms with E-state index in [1.54, 1.807) is 37.3 Å². The molecule has 9 heteroatoms. The molecular formula is C32H37N3O5S. The lowest BCUT2D eigenvalue weighted by Gasteiger charge is -2.22. The first-order chi connectivity index (χ1) is 19.3. The number of nitrogens with zero attached hydrogens (tertiary/aromatic N) is 1. The van der Waals surface area contributed by atoms with E-state index in [-0.39, 0.29) is 21.8 Å². The fourth-order valence-electron chi connectivity index (χ4n) is 4.63. The lowest BCUT2D eigenvalue weighted by molar-refractivity contribution is 0.0934. The Balaban J connectivity index is 1.58. The summed E-state index contributed by atoms with van der Waals surface area (Å²) in [6.45, 7) is 8.61. The van der Waals surface area contributed by atoms with E-state index in [4.69, 9.17) is 4.74 Å². The molecule has 0 saturated heterocycles. The number of benzene rings is 3. The van der Waals surface area contributed by atoms with E-state index >= 15 is 0 Å². The van der Waals surface area contributed by atoms with Crippen molar-refractivity contribution >= 4 is 32.7 Å². The van der Waals surface area contributed by atoms with Gasteiger partial charge >= 0.3 is 0 Å². The molecular weight excluding hydrogens is 538 g/mol. The quantitative estimate of drug-likeness (QED) is 0.264. The van der Waals surface area contributed by atoms with E-state index in [0.29, 0.717) is 29.8 Å².